The van der Waals surface area contributed by atoms with Crippen LogP contribution in [0.1, 0.15) is 219 Å². The fraction of sp³-hybridized carbons (Fsp3) is 0.902. The molecule has 0 spiro atoms. The number of unbranched alkanes of at least 4 members (excludes halogenated alkanes) is 27. The zero-order valence-corrected chi connectivity index (χ0v) is 30.9. The molecule has 0 rings (SSSR count). The van der Waals surface area contributed by atoms with Crippen LogP contribution in [-0.4, -0.2) is 36.4 Å². The van der Waals surface area contributed by atoms with Crippen LogP contribution in [0.25, 0.3) is 0 Å². The summed E-state index contributed by atoms with van der Waals surface area (Å²) in [5.41, 5.74) is 0. The number of ether oxygens (including phenoxy) is 2. The van der Waals surface area contributed by atoms with Crippen LogP contribution < -0.4 is 0 Å². The van der Waals surface area contributed by atoms with E-state index < -0.39 is 6.10 Å². The Labute approximate surface area is 286 Å². The van der Waals surface area contributed by atoms with E-state index in [1.807, 2.05) is 0 Å². The second-order valence-corrected chi connectivity index (χ2v) is 13.7. The number of carbonyl (C=O) groups excluding carboxylic acids is 2. The van der Waals surface area contributed by atoms with Crippen molar-refractivity contribution in [1.82, 2.24) is 0 Å². The minimum atomic E-state index is -0.766. The van der Waals surface area contributed by atoms with E-state index in [1.165, 1.54) is 154 Å². The zero-order valence-electron chi connectivity index (χ0n) is 30.9. The lowest BCUT2D eigenvalue weighted by molar-refractivity contribution is -0.161. The van der Waals surface area contributed by atoms with Crippen LogP contribution in [-0.2, 0) is 19.1 Å². The van der Waals surface area contributed by atoms with Gasteiger partial charge in [0.05, 0.1) is 6.61 Å². The molecular weight excluding hydrogens is 572 g/mol. The van der Waals surface area contributed by atoms with Gasteiger partial charge in [-0.05, 0) is 38.5 Å². The first kappa shape index (κ1) is 44.6. The molecule has 0 radical (unpaired) electrons. The van der Waals surface area contributed by atoms with Crippen molar-refractivity contribution >= 4 is 11.9 Å². The van der Waals surface area contributed by atoms with E-state index >= 15 is 0 Å². The van der Waals surface area contributed by atoms with Crippen LogP contribution in [0.2, 0.25) is 0 Å². The van der Waals surface area contributed by atoms with Gasteiger partial charge < -0.3 is 14.6 Å². The van der Waals surface area contributed by atoms with Gasteiger partial charge in [-0.3, -0.25) is 9.59 Å². The molecule has 0 aromatic rings. The summed E-state index contributed by atoms with van der Waals surface area (Å²) >= 11 is 0. The van der Waals surface area contributed by atoms with E-state index in [2.05, 4.69) is 26.0 Å². The van der Waals surface area contributed by atoms with E-state index in [0.717, 1.165) is 38.5 Å². The number of esters is 2. The fourth-order valence-corrected chi connectivity index (χ4v) is 5.96. The largest absolute Gasteiger partial charge is 0.462 e. The molecule has 0 fully saturated rings. The van der Waals surface area contributed by atoms with Gasteiger partial charge in [0, 0.05) is 12.8 Å². The molecule has 46 heavy (non-hydrogen) atoms. The Morgan fingerprint density at radius 2 is 0.804 bits per heavy atom. The third kappa shape index (κ3) is 35.5. The third-order valence-electron chi connectivity index (χ3n) is 9.06. The van der Waals surface area contributed by atoms with E-state index in [-0.39, 0.29) is 25.2 Å². The predicted octanol–water partition coefficient (Wildman–Crippen LogP) is 12.5. The maximum absolute atomic E-state index is 12.2. The first-order valence-electron chi connectivity index (χ1n) is 20.2. The third-order valence-corrected chi connectivity index (χ3v) is 9.06. The first-order chi connectivity index (χ1) is 22.6. The van der Waals surface area contributed by atoms with Crippen molar-refractivity contribution in [2.75, 3.05) is 13.2 Å². The summed E-state index contributed by atoms with van der Waals surface area (Å²) < 4.78 is 10.6. The fourth-order valence-electron chi connectivity index (χ4n) is 5.96. The smallest absolute Gasteiger partial charge is 0.306 e. The van der Waals surface area contributed by atoms with Gasteiger partial charge in [0.15, 0.2) is 6.10 Å². The van der Waals surface area contributed by atoms with Gasteiger partial charge >= 0.3 is 11.9 Å². The lowest BCUT2D eigenvalue weighted by atomic mass is 10.0. The number of carbonyl (C=O) groups is 2. The molecule has 0 aromatic carbocycles. The highest BCUT2D eigenvalue weighted by molar-refractivity contribution is 5.70. The van der Waals surface area contributed by atoms with Crippen LogP contribution in [0, 0.1) is 0 Å². The summed E-state index contributed by atoms with van der Waals surface area (Å²) in [7, 11) is 0. The highest BCUT2D eigenvalue weighted by atomic mass is 16.6. The van der Waals surface area contributed by atoms with Crippen molar-refractivity contribution in [2.45, 2.75) is 225 Å². The Balaban J connectivity index is 3.51. The Morgan fingerprint density at radius 3 is 1.17 bits per heavy atom. The van der Waals surface area contributed by atoms with Crippen molar-refractivity contribution in [3.05, 3.63) is 12.2 Å². The predicted molar refractivity (Wildman–Crippen MR) is 196 cm³/mol. The molecule has 0 amide bonds. The second kappa shape index (κ2) is 38.1. The number of aliphatic hydroxyl groups is 1. The van der Waals surface area contributed by atoms with Gasteiger partial charge in [0.2, 0.25) is 0 Å². The Morgan fingerprint density at radius 1 is 0.478 bits per heavy atom. The molecule has 0 unspecified atom stereocenters. The molecule has 5 nitrogen and oxygen atoms in total. The van der Waals surface area contributed by atoms with Gasteiger partial charge in [-0.2, -0.15) is 0 Å². The summed E-state index contributed by atoms with van der Waals surface area (Å²) in [6.07, 6.45) is 42.7. The molecule has 0 aromatic heterocycles. The van der Waals surface area contributed by atoms with Crippen LogP contribution in [0.5, 0.6) is 0 Å². The number of rotatable bonds is 37. The zero-order chi connectivity index (χ0) is 33.6. The molecule has 0 saturated heterocycles. The highest BCUT2D eigenvalue weighted by Gasteiger charge is 2.16. The van der Waals surface area contributed by atoms with Crippen LogP contribution in [0.4, 0.5) is 0 Å². The molecular formula is C41H78O5. The highest BCUT2D eigenvalue weighted by Crippen LogP contribution is 2.15. The van der Waals surface area contributed by atoms with Gasteiger partial charge in [-0.15, -0.1) is 0 Å². The molecule has 0 heterocycles. The number of allylic oxidation sites excluding steroid dienone is 2. The Bertz CT molecular complexity index is 661. The summed E-state index contributed by atoms with van der Waals surface area (Å²) in [4.78, 5) is 24.2. The van der Waals surface area contributed by atoms with E-state index in [0.29, 0.717) is 12.8 Å². The molecule has 0 aliphatic rings. The molecule has 1 atom stereocenters. The van der Waals surface area contributed by atoms with E-state index in [1.54, 1.807) is 0 Å². The van der Waals surface area contributed by atoms with Crippen molar-refractivity contribution in [3.8, 4) is 0 Å². The second-order valence-electron chi connectivity index (χ2n) is 13.7. The lowest BCUT2D eigenvalue weighted by Gasteiger charge is -2.15. The van der Waals surface area contributed by atoms with Gasteiger partial charge in [0.25, 0.3) is 0 Å². The maximum Gasteiger partial charge on any atom is 0.306 e. The van der Waals surface area contributed by atoms with E-state index in [4.69, 9.17) is 9.47 Å². The van der Waals surface area contributed by atoms with E-state index in [9.17, 15) is 14.7 Å². The van der Waals surface area contributed by atoms with Crippen LogP contribution >= 0.6 is 0 Å². The molecule has 1 N–H and O–H groups in total. The number of aliphatic hydroxyl groups excluding tert-OH is 1. The summed E-state index contributed by atoms with van der Waals surface area (Å²) in [5, 5.41) is 9.55. The number of hydrogen-bond acceptors (Lipinski definition) is 5. The Kier molecular flexibility index (Phi) is 37.0. The molecule has 272 valence electrons. The monoisotopic (exact) mass is 651 g/mol. The quantitative estimate of drug-likeness (QED) is 0.0411. The molecule has 0 saturated carbocycles. The lowest BCUT2D eigenvalue weighted by Crippen LogP contribution is -2.28. The van der Waals surface area contributed by atoms with Crippen molar-refractivity contribution < 1.29 is 24.2 Å². The van der Waals surface area contributed by atoms with Crippen LogP contribution in [0.3, 0.4) is 0 Å². The number of hydrogen-bond donors (Lipinski definition) is 1. The minimum Gasteiger partial charge on any atom is -0.462 e. The topological polar surface area (TPSA) is 72.8 Å². The average molecular weight is 651 g/mol. The van der Waals surface area contributed by atoms with Gasteiger partial charge in [-0.25, -0.2) is 0 Å². The normalized spacial score (nSPS) is 12.2. The van der Waals surface area contributed by atoms with Crippen LogP contribution in [0.15, 0.2) is 12.2 Å². The van der Waals surface area contributed by atoms with Crippen molar-refractivity contribution in [2.24, 2.45) is 0 Å². The van der Waals surface area contributed by atoms with Gasteiger partial charge in [-0.1, -0.05) is 180 Å². The van der Waals surface area contributed by atoms with Gasteiger partial charge in [0.1, 0.15) is 6.61 Å². The molecule has 5 heteroatoms. The molecule has 0 aliphatic heterocycles. The summed E-state index contributed by atoms with van der Waals surface area (Å²) in [6, 6.07) is 0. The Hall–Kier alpha value is -1.36. The minimum absolute atomic E-state index is 0.0622. The van der Waals surface area contributed by atoms with Crippen molar-refractivity contribution in [3.63, 3.8) is 0 Å². The SMILES string of the molecule is CCCCCCCC/C=C/CCCCCCCCCC(=O)OC[C@H](CO)OC(=O)CCCCCCCCCCCCCCCCC. The van der Waals surface area contributed by atoms with Crippen molar-refractivity contribution in [1.29, 1.82) is 0 Å². The molecule has 0 bridgehead atoms. The average Bonchev–Trinajstić information content (AvgIpc) is 3.06. The summed E-state index contributed by atoms with van der Waals surface area (Å²) in [5.74, 6) is -0.585. The molecule has 0 aliphatic carbocycles. The summed E-state index contributed by atoms with van der Waals surface area (Å²) in [6.45, 7) is 4.15. The maximum atomic E-state index is 12.2. The first-order valence-corrected chi connectivity index (χ1v) is 20.2. The standard InChI is InChI=1S/C41H78O5/c1-3-5-7-9-11-13-15-17-19-20-22-23-25-27-29-31-33-35-40(43)45-38-39(37-42)46-41(44)36-34-32-30-28-26-24-21-18-16-14-12-10-8-6-4-2/h17,19,39,42H,3-16,18,20-38H2,1-2H3/b19-17+/t39-/m0/s1.